The van der Waals surface area contributed by atoms with Gasteiger partial charge < -0.3 is 4.90 Å². The summed E-state index contributed by atoms with van der Waals surface area (Å²) < 4.78 is 1.72. The second-order valence-electron chi connectivity index (χ2n) is 5.85. The number of rotatable bonds is 5. The molecule has 1 amide bonds. The molecule has 0 aliphatic rings. The SMILES string of the molecule is C=CCN(C)C(=O)c1nc(-c2ccccc2)n(-c2cccc(C)c2)n1. The van der Waals surface area contributed by atoms with Gasteiger partial charge in [-0.25, -0.2) is 9.67 Å². The Hall–Kier alpha value is -3.21. The summed E-state index contributed by atoms with van der Waals surface area (Å²) in [6.45, 7) is 6.13. The van der Waals surface area contributed by atoms with E-state index >= 15 is 0 Å². The number of hydrogen-bond donors (Lipinski definition) is 0. The van der Waals surface area contributed by atoms with Crippen molar-refractivity contribution in [3.05, 3.63) is 78.6 Å². The van der Waals surface area contributed by atoms with E-state index in [4.69, 9.17) is 0 Å². The molecule has 5 heteroatoms. The fourth-order valence-electron chi connectivity index (χ4n) is 2.56. The molecule has 1 heterocycles. The van der Waals surface area contributed by atoms with Gasteiger partial charge in [-0.2, -0.15) is 0 Å². The zero-order valence-electron chi connectivity index (χ0n) is 14.4. The first-order valence-electron chi connectivity index (χ1n) is 8.06. The van der Waals surface area contributed by atoms with Crippen LogP contribution < -0.4 is 0 Å². The Labute approximate surface area is 147 Å². The summed E-state index contributed by atoms with van der Waals surface area (Å²) in [5.74, 6) is 0.578. The van der Waals surface area contributed by atoms with E-state index in [1.54, 1.807) is 17.8 Å². The van der Waals surface area contributed by atoms with Crippen molar-refractivity contribution in [3.63, 3.8) is 0 Å². The first-order valence-corrected chi connectivity index (χ1v) is 8.06. The van der Waals surface area contributed by atoms with Crippen LogP contribution in [-0.2, 0) is 0 Å². The fraction of sp³-hybridized carbons (Fsp3) is 0.150. The summed E-state index contributed by atoms with van der Waals surface area (Å²) in [7, 11) is 1.71. The third-order valence-corrected chi connectivity index (χ3v) is 3.83. The van der Waals surface area contributed by atoms with Crippen LogP contribution in [-0.4, -0.2) is 39.2 Å². The molecule has 0 aliphatic heterocycles. The van der Waals surface area contributed by atoms with E-state index in [1.807, 2.05) is 61.5 Å². The lowest BCUT2D eigenvalue weighted by Gasteiger charge is -2.11. The Morgan fingerprint density at radius 2 is 1.96 bits per heavy atom. The van der Waals surface area contributed by atoms with Crippen molar-refractivity contribution in [1.29, 1.82) is 0 Å². The van der Waals surface area contributed by atoms with Crippen molar-refractivity contribution in [2.24, 2.45) is 0 Å². The Morgan fingerprint density at radius 1 is 1.20 bits per heavy atom. The van der Waals surface area contributed by atoms with E-state index in [2.05, 4.69) is 16.7 Å². The molecule has 3 rings (SSSR count). The normalized spacial score (nSPS) is 10.5. The van der Waals surface area contributed by atoms with Crippen LogP contribution in [0.3, 0.4) is 0 Å². The predicted octanol–water partition coefficient (Wildman–Crippen LogP) is 3.50. The van der Waals surface area contributed by atoms with Crippen molar-refractivity contribution in [3.8, 4) is 17.1 Å². The molecule has 0 bridgehead atoms. The molecule has 0 atom stereocenters. The van der Waals surface area contributed by atoms with Crippen LogP contribution in [0.25, 0.3) is 17.1 Å². The molecule has 126 valence electrons. The number of benzene rings is 2. The topological polar surface area (TPSA) is 51.0 Å². The number of carbonyl (C=O) groups is 1. The monoisotopic (exact) mass is 332 g/mol. The number of nitrogens with zero attached hydrogens (tertiary/aromatic N) is 4. The molecule has 0 unspecified atom stereocenters. The van der Waals surface area contributed by atoms with E-state index in [9.17, 15) is 4.79 Å². The van der Waals surface area contributed by atoms with E-state index in [-0.39, 0.29) is 11.7 Å². The highest BCUT2D eigenvalue weighted by Gasteiger charge is 2.21. The van der Waals surface area contributed by atoms with Crippen molar-refractivity contribution in [2.75, 3.05) is 13.6 Å². The first-order chi connectivity index (χ1) is 12.1. The van der Waals surface area contributed by atoms with E-state index in [1.165, 1.54) is 4.90 Å². The molecule has 5 nitrogen and oxygen atoms in total. The highest BCUT2D eigenvalue weighted by atomic mass is 16.2. The highest BCUT2D eigenvalue weighted by Crippen LogP contribution is 2.22. The lowest BCUT2D eigenvalue weighted by Crippen LogP contribution is -2.27. The van der Waals surface area contributed by atoms with Crippen LogP contribution in [0.2, 0.25) is 0 Å². The van der Waals surface area contributed by atoms with Crippen molar-refractivity contribution in [1.82, 2.24) is 19.7 Å². The molecule has 3 aromatic rings. The Bertz CT molecular complexity index is 899. The number of aromatic nitrogens is 3. The lowest BCUT2D eigenvalue weighted by atomic mass is 10.2. The number of carbonyl (C=O) groups excluding carboxylic acids is 1. The van der Waals surface area contributed by atoms with Crippen molar-refractivity contribution >= 4 is 5.91 Å². The molecule has 0 saturated carbocycles. The summed E-state index contributed by atoms with van der Waals surface area (Å²) in [4.78, 5) is 18.6. The number of amides is 1. The summed E-state index contributed by atoms with van der Waals surface area (Å²) in [6.07, 6.45) is 1.67. The number of likely N-dealkylation sites (N-methyl/N-ethyl adjacent to an activating group) is 1. The summed E-state index contributed by atoms with van der Waals surface area (Å²) in [5, 5.41) is 4.48. The summed E-state index contributed by atoms with van der Waals surface area (Å²) in [5.41, 5.74) is 2.89. The maximum Gasteiger partial charge on any atom is 0.293 e. The molecule has 0 N–H and O–H groups in total. The zero-order chi connectivity index (χ0) is 17.8. The van der Waals surface area contributed by atoms with Crippen LogP contribution in [0.4, 0.5) is 0 Å². The van der Waals surface area contributed by atoms with Crippen LogP contribution >= 0.6 is 0 Å². The minimum absolute atomic E-state index is 0.171. The fourth-order valence-corrected chi connectivity index (χ4v) is 2.56. The molecular weight excluding hydrogens is 312 g/mol. The van der Waals surface area contributed by atoms with Gasteiger partial charge in [0.15, 0.2) is 5.82 Å². The van der Waals surface area contributed by atoms with Gasteiger partial charge in [0.1, 0.15) is 0 Å². The predicted molar refractivity (Wildman–Crippen MR) is 98.7 cm³/mol. The van der Waals surface area contributed by atoms with E-state index < -0.39 is 0 Å². The second-order valence-corrected chi connectivity index (χ2v) is 5.85. The average molecular weight is 332 g/mol. The second kappa shape index (κ2) is 7.13. The molecule has 2 aromatic carbocycles. The Morgan fingerprint density at radius 3 is 2.64 bits per heavy atom. The molecule has 0 radical (unpaired) electrons. The largest absolute Gasteiger partial charge is 0.335 e. The van der Waals surface area contributed by atoms with Gasteiger partial charge in [0.2, 0.25) is 5.82 Å². The van der Waals surface area contributed by atoms with Crippen LogP contribution in [0.15, 0.2) is 67.3 Å². The van der Waals surface area contributed by atoms with E-state index in [0.717, 1.165) is 16.8 Å². The quantitative estimate of drug-likeness (QED) is 0.672. The highest BCUT2D eigenvalue weighted by molar-refractivity contribution is 5.91. The van der Waals surface area contributed by atoms with E-state index in [0.29, 0.717) is 12.4 Å². The van der Waals surface area contributed by atoms with Gasteiger partial charge in [-0.3, -0.25) is 4.79 Å². The lowest BCUT2D eigenvalue weighted by molar-refractivity contribution is 0.0798. The summed E-state index contributed by atoms with van der Waals surface area (Å²) >= 11 is 0. The standard InChI is InChI=1S/C20H20N4O/c1-4-13-23(3)20(25)18-21-19(16-10-6-5-7-11-16)24(22-18)17-12-8-9-15(2)14-17/h4-12,14H,1,13H2,2-3H3. The van der Waals surface area contributed by atoms with Gasteiger partial charge in [-0.1, -0.05) is 48.5 Å². The minimum atomic E-state index is -0.233. The molecule has 0 saturated heterocycles. The zero-order valence-corrected chi connectivity index (χ0v) is 14.4. The van der Waals surface area contributed by atoms with Gasteiger partial charge in [0.25, 0.3) is 5.91 Å². The first kappa shape index (κ1) is 16.6. The van der Waals surface area contributed by atoms with Crippen molar-refractivity contribution < 1.29 is 4.79 Å². The van der Waals surface area contributed by atoms with Gasteiger partial charge in [-0.05, 0) is 24.6 Å². The van der Waals surface area contributed by atoms with Gasteiger partial charge in [-0.15, -0.1) is 11.7 Å². The summed E-state index contributed by atoms with van der Waals surface area (Å²) in [6, 6.07) is 17.7. The average Bonchev–Trinajstić information content (AvgIpc) is 3.07. The van der Waals surface area contributed by atoms with Crippen LogP contribution in [0.1, 0.15) is 16.2 Å². The third-order valence-electron chi connectivity index (χ3n) is 3.83. The maximum absolute atomic E-state index is 12.6. The maximum atomic E-state index is 12.6. The molecule has 25 heavy (non-hydrogen) atoms. The van der Waals surface area contributed by atoms with Gasteiger partial charge in [0.05, 0.1) is 5.69 Å². The van der Waals surface area contributed by atoms with Gasteiger partial charge >= 0.3 is 0 Å². The molecule has 0 spiro atoms. The smallest absolute Gasteiger partial charge is 0.293 e. The van der Waals surface area contributed by atoms with Crippen LogP contribution in [0, 0.1) is 6.92 Å². The minimum Gasteiger partial charge on any atom is -0.335 e. The van der Waals surface area contributed by atoms with Crippen LogP contribution in [0.5, 0.6) is 0 Å². The van der Waals surface area contributed by atoms with Gasteiger partial charge in [0, 0.05) is 19.2 Å². The third kappa shape index (κ3) is 3.50. The molecule has 1 aromatic heterocycles. The Balaban J connectivity index is 2.12. The number of hydrogen-bond acceptors (Lipinski definition) is 3. The molecule has 0 fully saturated rings. The molecular formula is C20H20N4O. The van der Waals surface area contributed by atoms with Crippen molar-refractivity contribution in [2.45, 2.75) is 6.92 Å². The Kier molecular flexibility index (Phi) is 4.75. The number of aryl methyl sites for hydroxylation is 1. The molecule has 0 aliphatic carbocycles.